The number of carbonyl (C=O) groups excluding carboxylic acids is 1. The van der Waals surface area contributed by atoms with Crippen molar-refractivity contribution in [3.05, 3.63) is 28.7 Å². The minimum absolute atomic E-state index is 0.0748. The second-order valence-corrected chi connectivity index (χ2v) is 5.25. The van der Waals surface area contributed by atoms with Gasteiger partial charge in [-0.15, -0.1) is 0 Å². The Balaban J connectivity index is 2.03. The normalized spacial score (nSPS) is 10.8. The zero-order chi connectivity index (χ0) is 16.3. The molecule has 2 N–H and O–H groups in total. The average molecular weight is 305 g/mol. The summed E-state index contributed by atoms with van der Waals surface area (Å²) in [5.41, 5.74) is 2.05. The van der Waals surface area contributed by atoms with E-state index in [2.05, 4.69) is 5.32 Å². The van der Waals surface area contributed by atoms with E-state index in [4.69, 9.17) is 5.11 Å². The number of carbonyl (C=O) groups is 2. The van der Waals surface area contributed by atoms with Crippen molar-refractivity contribution in [2.24, 2.45) is 14.1 Å². The first-order chi connectivity index (χ1) is 10.4. The van der Waals surface area contributed by atoms with Gasteiger partial charge >= 0.3 is 11.7 Å². The smallest absolute Gasteiger partial charge is 0.328 e. The van der Waals surface area contributed by atoms with Gasteiger partial charge in [-0.2, -0.15) is 0 Å². The summed E-state index contributed by atoms with van der Waals surface area (Å²) in [5, 5.41) is 11.3. The van der Waals surface area contributed by atoms with Gasteiger partial charge in [0.05, 0.1) is 11.0 Å². The molecule has 0 saturated carbocycles. The molecule has 1 aromatic carbocycles. The van der Waals surface area contributed by atoms with Crippen LogP contribution in [-0.2, 0) is 23.7 Å². The van der Waals surface area contributed by atoms with E-state index in [0.717, 1.165) is 11.0 Å². The highest BCUT2D eigenvalue weighted by atomic mass is 16.4. The van der Waals surface area contributed by atoms with Gasteiger partial charge in [0, 0.05) is 32.6 Å². The van der Waals surface area contributed by atoms with Crippen molar-refractivity contribution < 1.29 is 14.7 Å². The molecule has 0 aliphatic heterocycles. The maximum atomic E-state index is 11.8. The highest BCUT2D eigenvalue weighted by molar-refractivity contribution is 5.93. The lowest BCUT2D eigenvalue weighted by atomic mass is 10.2. The van der Waals surface area contributed by atoms with Crippen LogP contribution in [0.15, 0.2) is 23.0 Å². The van der Waals surface area contributed by atoms with E-state index in [0.29, 0.717) is 18.5 Å². The van der Waals surface area contributed by atoms with Crippen LogP contribution in [0.4, 0.5) is 5.69 Å². The molecule has 2 aromatic rings. The molecular formula is C15H19N3O4. The van der Waals surface area contributed by atoms with E-state index < -0.39 is 5.97 Å². The number of nitrogens with zero attached hydrogens (tertiary/aromatic N) is 2. The van der Waals surface area contributed by atoms with Crippen molar-refractivity contribution >= 4 is 28.6 Å². The highest BCUT2D eigenvalue weighted by Crippen LogP contribution is 2.18. The van der Waals surface area contributed by atoms with Gasteiger partial charge < -0.3 is 10.4 Å². The van der Waals surface area contributed by atoms with Gasteiger partial charge in [0.2, 0.25) is 5.91 Å². The molecule has 118 valence electrons. The number of fused-ring (bicyclic) bond motifs is 1. The number of amides is 1. The molecule has 7 nitrogen and oxygen atoms in total. The Hall–Kier alpha value is -2.57. The van der Waals surface area contributed by atoms with Crippen LogP contribution in [0.3, 0.4) is 0 Å². The lowest BCUT2D eigenvalue weighted by Gasteiger charge is -2.06. The number of hydrogen-bond acceptors (Lipinski definition) is 3. The number of imidazole rings is 1. The number of nitrogens with one attached hydrogen (secondary N) is 1. The second-order valence-electron chi connectivity index (χ2n) is 5.25. The molecule has 0 fully saturated rings. The molecule has 0 radical (unpaired) electrons. The first kappa shape index (κ1) is 15.8. The number of aryl methyl sites for hydroxylation is 2. The number of carboxylic acid groups (broad SMARTS) is 1. The average Bonchev–Trinajstić information content (AvgIpc) is 2.68. The topological polar surface area (TPSA) is 93.3 Å². The Morgan fingerprint density at radius 3 is 2.41 bits per heavy atom. The number of hydrogen-bond donors (Lipinski definition) is 2. The maximum absolute atomic E-state index is 11.8. The second kappa shape index (κ2) is 6.46. The van der Waals surface area contributed by atoms with Crippen LogP contribution in [0, 0.1) is 0 Å². The summed E-state index contributed by atoms with van der Waals surface area (Å²) in [6, 6.07) is 5.29. The quantitative estimate of drug-likeness (QED) is 0.790. The molecule has 0 saturated heterocycles. The summed E-state index contributed by atoms with van der Waals surface area (Å²) < 4.78 is 3.07. The Morgan fingerprint density at radius 1 is 1.09 bits per heavy atom. The van der Waals surface area contributed by atoms with Gasteiger partial charge in [0.25, 0.3) is 0 Å². The van der Waals surface area contributed by atoms with Gasteiger partial charge in [0.1, 0.15) is 0 Å². The number of rotatable bonds is 6. The first-order valence-electron chi connectivity index (χ1n) is 7.07. The van der Waals surface area contributed by atoms with Crippen LogP contribution >= 0.6 is 0 Å². The molecule has 22 heavy (non-hydrogen) atoms. The molecule has 1 aromatic heterocycles. The van der Waals surface area contributed by atoms with Crippen LogP contribution in [-0.4, -0.2) is 26.1 Å². The lowest BCUT2D eigenvalue weighted by molar-refractivity contribution is -0.137. The largest absolute Gasteiger partial charge is 0.481 e. The third kappa shape index (κ3) is 3.36. The van der Waals surface area contributed by atoms with Crippen molar-refractivity contribution in [1.29, 1.82) is 0 Å². The van der Waals surface area contributed by atoms with Gasteiger partial charge in [-0.25, -0.2) is 4.79 Å². The summed E-state index contributed by atoms with van der Waals surface area (Å²) in [7, 11) is 3.38. The maximum Gasteiger partial charge on any atom is 0.328 e. The van der Waals surface area contributed by atoms with Crippen LogP contribution < -0.4 is 11.0 Å². The van der Waals surface area contributed by atoms with E-state index in [1.165, 1.54) is 4.57 Å². The van der Waals surface area contributed by atoms with Crippen LogP contribution in [0.25, 0.3) is 11.0 Å². The molecule has 0 spiro atoms. The SMILES string of the molecule is Cn1c(=O)n(C)c2cc(NC(=O)CCCCC(=O)O)ccc21. The Labute approximate surface area is 127 Å². The van der Waals surface area contributed by atoms with Crippen LogP contribution in [0.5, 0.6) is 0 Å². The molecule has 7 heteroatoms. The summed E-state index contributed by atoms with van der Waals surface area (Å²) in [4.78, 5) is 34.1. The summed E-state index contributed by atoms with van der Waals surface area (Å²) in [6.07, 6.45) is 1.36. The number of carboxylic acids is 1. The fraction of sp³-hybridized carbons (Fsp3) is 0.400. The molecule has 0 aliphatic carbocycles. The monoisotopic (exact) mass is 305 g/mol. The highest BCUT2D eigenvalue weighted by Gasteiger charge is 2.09. The predicted octanol–water partition coefficient (Wildman–Crippen LogP) is 1.46. The van der Waals surface area contributed by atoms with E-state index in [1.54, 1.807) is 36.9 Å². The number of unbranched alkanes of at least 4 members (excludes halogenated alkanes) is 1. The van der Waals surface area contributed by atoms with E-state index in [1.807, 2.05) is 0 Å². The van der Waals surface area contributed by atoms with Gasteiger partial charge in [-0.05, 0) is 31.0 Å². The fourth-order valence-corrected chi connectivity index (χ4v) is 2.37. The third-order valence-electron chi connectivity index (χ3n) is 3.60. The van der Waals surface area contributed by atoms with E-state index in [-0.39, 0.29) is 24.4 Å². The Bertz CT molecular complexity index is 773. The number of benzene rings is 1. The molecule has 0 unspecified atom stereocenters. The first-order valence-corrected chi connectivity index (χ1v) is 7.07. The lowest BCUT2D eigenvalue weighted by Crippen LogP contribution is -2.19. The van der Waals surface area contributed by atoms with Crippen LogP contribution in [0.2, 0.25) is 0 Å². The van der Waals surface area contributed by atoms with E-state index >= 15 is 0 Å². The predicted molar refractivity (Wildman–Crippen MR) is 82.9 cm³/mol. The minimum atomic E-state index is -0.851. The molecule has 1 amide bonds. The number of aliphatic carboxylic acids is 1. The van der Waals surface area contributed by atoms with Crippen molar-refractivity contribution in [2.75, 3.05) is 5.32 Å². The van der Waals surface area contributed by atoms with Gasteiger partial charge in [0.15, 0.2) is 0 Å². The zero-order valence-corrected chi connectivity index (χ0v) is 12.6. The van der Waals surface area contributed by atoms with Gasteiger partial charge in [-0.1, -0.05) is 0 Å². The molecule has 2 rings (SSSR count). The third-order valence-corrected chi connectivity index (χ3v) is 3.60. The van der Waals surface area contributed by atoms with Crippen molar-refractivity contribution in [1.82, 2.24) is 9.13 Å². The van der Waals surface area contributed by atoms with E-state index in [9.17, 15) is 14.4 Å². The molecule has 0 atom stereocenters. The van der Waals surface area contributed by atoms with Gasteiger partial charge in [-0.3, -0.25) is 18.7 Å². The summed E-state index contributed by atoms with van der Waals surface area (Å²) >= 11 is 0. The summed E-state index contributed by atoms with van der Waals surface area (Å²) in [5.74, 6) is -1.01. The molecule has 1 heterocycles. The zero-order valence-electron chi connectivity index (χ0n) is 12.6. The minimum Gasteiger partial charge on any atom is -0.481 e. The number of aromatic nitrogens is 2. The summed E-state index contributed by atoms with van der Waals surface area (Å²) in [6.45, 7) is 0. The fourth-order valence-electron chi connectivity index (χ4n) is 2.37. The van der Waals surface area contributed by atoms with Crippen molar-refractivity contribution in [3.63, 3.8) is 0 Å². The Kier molecular flexibility index (Phi) is 4.65. The van der Waals surface area contributed by atoms with Crippen LogP contribution in [0.1, 0.15) is 25.7 Å². The van der Waals surface area contributed by atoms with Crippen molar-refractivity contribution in [2.45, 2.75) is 25.7 Å². The van der Waals surface area contributed by atoms with Crippen molar-refractivity contribution in [3.8, 4) is 0 Å². The standard InChI is InChI=1S/C15H19N3O4/c1-17-11-8-7-10(9-12(11)18(2)15(17)22)16-13(19)5-3-4-6-14(20)21/h7-9H,3-6H2,1-2H3,(H,16,19)(H,20,21). The Morgan fingerprint density at radius 2 is 1.73 bits per heavy atom. The molecule has 0 aliphatic rings. The molecular weight excluding hydrogens is 286 g/mol. The number of anilines is 1. The molecule has 0 bridgehead atoms.